The van der Waals surface area contributed by atoms with Gasteiger partial charge in [0.1, 0.15) is 5.76 Å². The first-order valence-electron chi connectivity index (χ1n) is 8.08. The molecule has 3 rings (SSSR count). The Morgan fingerprint density at radius 1 is 1.38 bits per heavy atom. The van der Waals surface area contributed by atoms with Crippen molar-refractivity contribution in [3.63, 3.8) is 0 Å². The molecule has 0 aliphatic carbocycles. The van der Waals surface area contributed by atoms with Crippen LogP contribution in [0.25, 0.3) is 0 Å². The van der Waals surface area contributed by atoms with Gasteiger partial charge in [-0.3, -0.25) is 14.4 Å². The number of aryl methyl sites for hydroxylation is 3. The van der Waals surface area contributed by atoms with Crippen molar-refractivity contribution in [3.8, 4) is 0 Å². The third-order valence-corrected chi connectivity index (χ3v) is 3.97. The molecule has 1 atom stereocenters. The van der Waals surface area contributed by atoms with Crippen molar-refractivity contribution in [2.24, 2.45) is 0 Å². The Bertz CT molecular complexity index is 708. The number of amides is 1. The van der Waals surface area contributed by atoms with Gasteiger partial charge < -0.3 is 14.6 Å². The van der Waals surface area contributed by atoms with Gasteiger partial charge in [0.25, 0.3) is 0 Å². The summed E-state index contributed by atoms with van der Waals surface area (Å²) in [6.45, 7) is 8.85. The van der Waals surface area contributed by atoms with E-state index in [1.165, 1.54) is 0 Å². The molecule has 24 heavy (non-hydrogen) atoms. The highest BCUT2D eigenvalue weighted by Gasteiger charge is 2.23. The topological polar surface area (TPSA) is 85.4 Å². The Morgan fingerprint density at radius 3 is 2.88 bits per heavy atom. The molecule has 0 bridgehead atoms. The third kappa shape index (κ3) is 4.21. The van der Waals surface area contributed by atoms with Crippen LogP contribution in [0.2, 0.25) is 0 Å². The van der Waals surface area contributed by atoms with Crippen molar-refractivity contribution in [2.75, 3.05) is 31.6 Å². The molecule has 0 spiro atoms. The van der Waals surface area contributed by atoms with Crippen LogP contribution in [0, 0.1) is 20.8 Å². The first kappa shape index (κ1) is 16.7. The summed E-state index contributed by atoms with van der Waals surface area (Å²) in [6, 6.07) is 3.75. The molecule has 0 saturated carbocycles. The molecule has 8 nitrogen and oxygen atoms in total. The molecule has 1 N–H and O–H groups in total. The van der Waals surface area contributed by atoms with Gasteiger partial charge >= 0.3 is 0 Å². The molecule has 8 heteroatoms. The smallest absolute Gasteiger partial charge is 0.239 e. The van der Waals surface area contributed by atoms with Gasteiger partial charge in [0.15, 0.2) is 5.82 Å². The van der Waals surface area contributed by atoms with Crippen molar-refractivity contribution in [1.82, 2.24) is 19.8 Å². The highest BCUT2D eigenvalue weighted by atomic mass is 16.5. The Balaban J connectivity index is 1.51. The highest BCUT2D eigenvalue weighted by Crippen LogP contribution is 2.11. The number of nitrogens with zero attached hydrogens (tertiary/aromatic N) is 4. The summed E-state index contributed by atoms with van der Waals surface area (Å²) in [5, 5.41) is 11.0. The second-order valence-electron chi connectivity index (χ2n) is 6.21. The maximum absolute atomic E-state index is 12.1. The van der Waals surface area contributed by atoms with Crippen LogP contribution in [0.5, 0.6) is 0 Å². The molecule has 1 amide bonds. The number of hydrogen-bond acceptors (Lipinski definition) is 6. The van der Waals surface area contributed by atoms with Crippen molar-refractivity contribution >= 4 is 11.7 Å². The standard InChI is InChI=1S/C16H23N5O3/c1-11-6-12(2)21(18-11)9-14-8-20(4-5-23-14)10-16(22)17-15-7-13(3)24-19-15/h6-7,14H,4-5,8-10H2,1-3H3,(H,17,19,22)/t14-/m1/s1. The van der Waals surface area contributed by atoms with Gasteiger partial charge in [-0.05, 0) is 26.8 Å². The van der Waals surface area contributed by atoms with E-state index in [2.05, 4.69) is 20.5 Å². The number of anilines is 1. The number of morpholine rings is 1. The minimum atomic E-state index is -0.102. The number of hydrogen-bond donors (Lipinski definition) is 1. The zero-order valence-electron chi connectivity index (χ0n) is 14.3. The van der Waals surface area contributed by atoms with Gasteiger partial charge in [-0.2, -0.15) is 5.10 Å². The number of carbonyl (C=O) groups excluding carboxylic acids is 1. The van der Waals surface area contributed by atoms with Crippen LogP contribution in [0.15, 0.2) is 16.7 Å². The molecule has 0 radical (unpaired) electrons. The van der Waals surface area contributed by atoms with Crippen LogP contribution in [-0.4, -0.2) is 58.1 Å². The number of rotatable bonds is 5. The van der Waals surface area contributed by atoms with E-state index in [0.717, 1.165) is 17.9 Å². The fourth-order valence-corrected chi connectivity index (χ4v) is 2.90. The van der Waals surface area contributed by atoms with Gasteiger partial charge in [-0.25, -0.2) is 0 Å². The second kappa shape index (κ2) is 7.14. The number of ether oxygens (including phenoxy) is 1. The Labute approximate surface area is 140 Å². The molecule has 130 valence electrons. The minimum Gasteiger partial charge on any atom is -0.374 e. The normalized spacial score (nSPS) is 18.7. The molecule has 2 aromatic heterocycles. The summed E-state index contributed by atoms with van der Waals surface area (Å²) in [7, 11) is 0. The third-order valence-electron chi connectivity index (χ3n) is 3.97. The molecule has 2 aromatic rings. The van der Waals surface area contributed by atoms with Gasteiger partial charge in [0.05, 0.1) is 31.5 Å². The molecular weight excluding hydrogens is 310 g/mol. The van der Waals surface area contributed by atoms with Crippen molar-refractivity contribution in [3.05, 3.63) is 29.3 Å². The Kier molecular flexibility index (Phi) is 4.96. The predicted molar refractivity (Wildman–Crippen MR) is 87.8 cm³/mol. The lowest BCUT2D eigenvalue weighted by atomic mass is 10.2. The van der Waals surface area contributed by atoms with E-state index in [1.807, 2.05) is 24.6 Å². The number of carbonyl (C=O) groups is 1. The van der Waals surface area contributed by atoms with Crippen LogP contribution in [0.3, 0.4) is 0 Å². The SMILES string of the molecule is Cc1cc(C)n(C[C@H]2CN(CC(=O)Nc3cc(C)on3)CCO2)n1. The number of nitrogens with one attached hydrogen (secondary N) is 1. The molecule has 1 aliphatic heterocycles. The van der Waals surface area contributed by atoms with E-state index in [4.69, 9.17) is 9.26 Å². The van der Waals surface area contributed by atoms with Crippen LogP contribution >= 0.6 is 0 Å². The second-order valence-corrected chi connectivity index (χ2v) is 6.21. The quantitative estimate of drug-likeness (QED) is 0.883. The lowest BCUT2D eigenvalue weighted by Crippen LogP contribution is -2.47. The largest absolute Gasteiger partial charge is 0.374 e. The van der Waals surface area contributed by atoms with E-state index in [1.54, 1.807) is 13.0 Å². The lowest BCUT2D eigenvalue weighted by Gasteiger charge is -2.32. The molecule has 1 aliphatic rings. The maximum atomic E-state index is 12.1. The minimum absolute atomic E-state index is 0.0267. The summed E-state index contributed by atoms with van der Waals surface area (Å²) in [6.07, 6.45) is 0.0267. The fraction of sp³-hybridized carbons (Fsp3) is 0.562. The molecule has 0 unspecified atom stereocenters. The number of aromatic nitrogens is 3. The van der Waals surface area contributed by atoms with E-state index in [9.17, 15) is 4.79 Å². The van der Waals surface area contributed by atoms with E-state index in [-0.39, 0.29) is 12.0 Å². The van der Waals surface area contributed by atoms with Gasteiger partial charge in [-0.15, -0.1) is 0 Å². The van der Waals surface area contributed by atoms with Gasteiger partial charge in [0, 0.05) is 24.8 Å². The summed E-state index contributed by atoms with van der Waals surface area (Å²) < 4.78 is 12.7. The molecule has 0 aromatic carbocycles. The van der Waals surface area contributed by atoms with Crippen LogP contribution < -0.4 is 5.32 Å². The van der Waals surface area contributed by atoms with Gasteiger partial charge in [-0.1, -0.05) is 5.16 Å². The van der Waals surface area contributed by atoms with Crippen molar-refractivity contribution in [1.29, 1.82) is 0 Å². The van der Waals surface area contributed by atoms with Gasteiger partial charge in [0.2, 0.25) is 5.91 Å². The average molecular weight is 333 g/mol. The molecule has 1 fully saturated rings. The average Bonchev–Trinajstić information content (AvgIpc) is 3.05. The highest BCUT2D eigenvalue weighted by molar-refractivity contribution is 5.91. The lowest BCUT2D eigenvalue weighted by molar-refractivity contribution is -0.119. The Morgan fingerprint density at radius 2 is 2.21 bits per heavy atom. The summed E-state index contributed by atoms with van der Waals surface area (Å²) >= 11 is 0. The van der Waals surface area contributed by atoms with E-state index in [0.29, 0.717) is 37.8 Å². The van der Waals surface area contributed by atoms with Crippen LogP contribution in [0.4, 0.5) is 5.82 Å². The summed E-state index contributed by atoms with van der Waals surface area (Å²) in [5.74, 6) is 1.02. The molecule has 3 heterocycles. The molecular formula is C16H23N5O3. The van der Waals surface area contributed by atoms with Crippen LogP contribution in [0.1, 0.15) is 17.1 Å². The van der Waals surface area contributed by atoms with Crippen LogP contribution in [-0.2, 0) is 16.1 Å². The maximum Gasteiger partial charge on any atom is 0.239 e. The molecule has 1 saturated heterocycles. The zero-order valence-corrected chi connectivity index (χ0v) is 14.3. The van der Waals surface area contributed by atoms with E-state index >= 15 is 0 Å². The first-order valence-corrected chi connectivity index (χ1v) is 8.08. The van der Waals surface area contributed by atoms with E-state index < -0.39 is 0 Å². The summed E-state index contributed by atoms with van der Waals surface area (Å²) in [5.41, 5.74) is 2.12. The Hall–Kier alpha value is -2.19. The fourth-order valence-electron chi connectivity index (χ4n) is 2.90. The monoisotopic (exact) mass is 333 g/mol. The van der Waals surface area contributed by atoms with Crippen molar-refractivity contribution < 1.29 is 14.1 Å². The zero-order chi connectivity index (χ0) is 17.1. The summed E-state index contributed by atoms with van der Waals surface area (Å²) in [4.78, 5) is 14.2. The predicted octanol–water partition coefficient (Wildman–Crippen LogP) is 1.14. The first-order chi connectivity index (χ1) is 11.5. The van der Waals surface area contributed by atoms with Crippen molar-refractivity contribution in [2.45, 2.75) is 33.4 Å².